The number of nitrogens with two attached hydrogens (primary N) is 1. The summed E-state index contributed by atoms with van der Waals surface area (Å²) in [6, 6.07) is 18.4. The summed E-state index contributed by atoms with van der Waals surface area (Å²) >= 11 is 7.04. The van der Waals surface area contributed by atoms with Crippen molar-refractivity contribution in [2.24, 2.45) is 5.73 Å². The number of allylic oxidation sites excluding steroid dienone is 3. The lowest BCUT2D eigenvalue weighted by Gasteiger charge is -2.26. The van der Waals surface area contributed by atoms with Crippen LogP contribution >= 0.6 is 31.9 Å². The van der Waals surface area contributed by atoms with E-state index in [-0.39, 0.29) is 11.8 Å². The van der Waals surface area contributed by atoms with Gasteiger partial charge in [0.05, 0.1) is 0 Å². The zero-order valence-electron chi connectivity index (χ0n) is 14.4. The molecule has 0 spiro atoms. The van der Waals surface area contributed by atoms with Gasteiger partial charge in [0, 0.05) is 14.9 Å². The Balaban J connectivity index is 1.81. The van der Waals surface area contributed by atoms with Crippen LogP contribution in [0.15, 0.2) is 85.8 Å². The molecule has 0 bridgehead atoms. The molecule has 5 heteroatoms. The van der Waals surface area contributed by atoms with Crippen LogP contribution in [0.3, 0.4) is 0 Å². The molecule has 4 rings (SSSR count). The maximum Gasteiger partial charge on any atom is 0.205 e. The monoisotopic (exact) mass is 482 g/mol. The topological polar surface area (TPSA) is 59.0 Å². The summed E-state index contributed by atoms with van der Waals surface area (Å²) in [5.41, 5.74) is 11.0. The molecule has 3 nitrogen and oxygen atoms in total. The lowest BCUT2D eigenvalue weighted by molar-refractivity contribution is 0.292. The van der Waals surface area contributed by atoms with E-state index in [4.69, 9.17) is 10.5 Å². The molecule has 0 aromatic heterocycles. The van der Waals surface area contributed by atoms with E-state index in [2.05, 4.69) is 56.1 Å². The van der Waals surface area contributed by atoms with E-state index in [0.717, 1.165) is 49.8 Å². The van der Waals surface area contributed by atoms with Crippen LogP contribution in [0.4, 0.5) is 0 Å². The molecule has 1 aliphatic heterocycles. The molecule has 0 saturated heterocycles. The normalized spacial score (nSPS) is 20.5. The summed E-state index contributed by atoms with van der Waals surface area (Å²) in [7, 11) is 0. The van der Waals surface area contributed by atoms with Gasteiger partial charge >= 0.3 is 0 Å². The first-order valence-corrected chi connectivity index (χ1v) is 10.2. The fraction of sp³-hybridized carbons (Fsp3) is 0.136. The Kier molecular flexibility index (Phi) is 4.94. The lowest BCUT2D eigenvalue weighted by Crippen LogP contribution is -2.19. The van der Waals surface area contributed by atoms with Crippen molar-refractivity contribution in [3.05, 3.63) is 97.0 Å². The van der Waals surface area contributed by atoms with E-state index in [1.54, 1.807) is 0 Å². The predicted molar refractivity (Wildman–Crippen MR) is 113 cm³/mol. The van der Waals surface area contributed by atoms with Gasteiger partial charge in [-0.1, -0.05) is 56.1 Å². The molecular formula is C22H16Br2N2O. The highest BCUT2D eigenvalue weighted by Gasteiger charge is 2.37. The summed E-state index contributed by atoms with van der Waals surface area (Å²) in [6.07, 6.45) is 3.86. The molecule has 134 valence electrons. The molecule has 0 unspecified atom stereocenters. The summed E-state index contributed by atoms with van der Waals surface area (Å²) < 4.78 is 7.95. The second-order valence-electron chi connectivity index (χ2n) is 6.56. The predicted octanol–water partition coefficient (Wildman–Crippen LogP) is 6.15. The summed E-state index contributed by atoms with van der Waals surface area (Å²) in [5.74, 6) is 0.851. The SMILES string of the molecule is N#CC1=C(N)OC2=C(CC/C2=C\c2cccc(Br)c2)[C@H]1c1cccc(Br)c1. The smallest absolute Gasteiger partial charge is 0.205 e. The maximum absolute atomic E-state index is 9.69. The summed E-state index contributed by atoms with van der Waals surface area (Å²) in [6.45, 7) is 0. The molecule has 27 heavy (non-hydrogen) atoms. The van der Waals surface area contributed by atoms with Gasteiger partial charge in [0.15, 0.2) is 0 Å². The van der Waals surface area contributed by atoms with Gasteiger partial charge in [0.25, 0.3) is 0 Å². The molecule has 1 heterocycles. The van der Waals surface area contributed by atoms with Gasteiger partial charge in [-0.15, -0.1) is 0 Å². The number of halogens is 2. The minimum Gasteiger partial charge on any atom is -0.440 e. The van der Waals surface area contributed by atoms with Crippen LogP contribution in [0.5, 0.6) is 0 Å². The fourth-order valence-corrected chi connectivity index (χ4v) is 4.53. The van der Waals surface area contributed by atoms with Gasteiger partial charge in [-0.2, -0.15) is 5.26 Å². The average Bonchev–Trinajstić information content (AvgIpc) is 3.02. The first-order valence-electron chi connectivity index (χ1n) is 8.59. The average molecular weight is 484 g/mol. The molecular weight excluding hydrogens is 468 g/mol. The fourth-order valence-electron chi connectivity index (χ4n) is 3.70. The van der Waals surface area contributed by atoms with E-state index >= 15 is 0 Å². The highest BCUT2D eigenvalue weighted by atomic mass is 79.9. The number of nitriles is 1. The molecule has 0 radical (unpaired) electrons. The minimum absolute atomic E-state index is 0.162. The van der Waals surface area contributed by atoms with Crippen LogP contribution in [-0.2, 0) is 4.74 Å². The van der Waals surface area contributed by atoms with Crippen molar-refractivity contribution in [2.45, 2.75) is 18.8 Å². The van der Waals surface area contributed by atoms with Crippen molar-refractivity contribution in [3.63, 3.8) is 0 Å². The Morgan fingerprint density at radius 2 is 1.81 bits per heavy atom. The van der Waals surface area contributed by atoms with Gasteiger partial charge in [0.1, 0.15) is 17.4 Å². The van der Waals surface area contributed by atoms with Crippen LogP contribution in [0.2, 0.25) is 0 Å². The minimum atomic E-state index is -0.162. The van der Waals surface area contributed by atoms with Crippen molar-refractivity contribution < 1.29 is 4.74 Å². The third-order valence-electron chi connectivity index (χ3n) is 4.85. The van der Waals surface area contributed by atoms with Crippen molar-refractivity contribution >= 4 is 37.9 Å². The van der Waals surface area contributed by atoms with E-state index in [1.165, 1.54) is 0 Å². The van der Waals surface area contributed by atoms with Crippen LogP contribution in [0.1, 0.15) is 29.9 Å². The third kappa shape index (κ3) is 3.47. The van der Waals surface area contributed by atoms with Crippen molar-refractivity contribution in [1.29, 1.82) is 5.26 Å². The molecule has 2 N–H and O–H groups in total. The van der Waals surface area contributed by atoms with E-state index in [1.807, 2.05) is 36.4 Å². The first-order chi connectivity index (χ1) is 13.1. The molecule has 0 amide bonds. The molecule has 0 saturated carbocycles. The molecule has 2 aliphatic rings. The number of ether oxygens (including phenoxy) is 1. The molecule has 0 fully saturated rings. The third-order valence-corrected chi connectivity index (χ3v) is 5.84. The van der Waals surface area contributed by atoms with Crippen molar-refractivity contribution in [2.75, 3.05) is 0 Å². The second-order valence-corrected chi connectivity index (χ2v) is 8.39. The largest absolute Gasteiger partial charge is 0.440 e. The van der Waals surface area contributed by atoms with Crippen LogP contribution in [0.25, 0.3) is 6.08 Å². The number of rotatable bonds is 2. The molecule has 1 aliphatic carbocycles. The van der Waals surface area contributed by atoms with E-state index in [0.29, 0.717) is 5.57 Å². The van der Waals surface area contributed by atoms with Gasteiger partial charge < -0.3 is 10.5 Å². The van der Waals surface area contributed by atoms with Gasteiger partial charge in [-0.3, -0.25) is 0 Å². The van der Waals surface area contributed by atoms with Gasteiger partial charge in [0.2, 0.25) is 5.88 Å². The molecule has 1 atom stereocenters. The van der Waals surface area contributed by atoms with Crippen LogP contribution in [0, 0.1) is 11.3 Å². The zero-order chi connectivity index (χ0) is 19.0. The number of nitrogens with zero attached hydrogens (tertiary/aromatic N) is 1. The number of benzene rings is 2. The Hall–Kier alpha value is -2.29. The number of hydrogen-bond donors (Lipinski definition) is 1. The van der Waals surface area contributed by atoms with Gasteiger partial charge in [-0.05, 0) is 65.5 Å². The maximum atomic E-state index is 9.69. The Labute approximate surface area is 175 Å². The van der Waals surface area contributed by atoms with Crippen LogP contribution in [-0.4, -0.2) is 0 Å². The lowest BCUT2D eigenvalue weighted by atomic mass is 9.83. The van der Waals surface area contributed by atoms with E-state index < -0.39 is 0 Å². The van der Waals surface area contributed by atoms with Crippen LogP contribution < -0.4 is 5.73 Å². The standard InChI is InChI=1S/C22H16Br2N2O/c23-16-5-1-3-13(10-16)9-15-7-8-18-20(14-4-2-6-17(24)11-14)19(12-25)22(26)27-21(15)18/h1-6,9-11,20H,7-8,26H2/b15-9+/t20-/m1/s1. The zero-order valence-corrected chi connectivity index (χ0v) is 17.5. The highest BCUT2D eigenvalue weighted by molar-refractivity contribution is 9.10. The molecule has 2 aromatic rings. The molecule has 2 aromatic carbocycles. The number of hydrogen-bond acceptors (Lipinski definition) is 3. The second kappa shape index (κ2) is 7.38. The summed E-state index contributed by atoms with van der Waals surface area (Å²) in [5, 5.41) is 9.69. The first kappa shape index (κ1) is 18.1. The Morgan fingerprint density at radius 1 is 1.07 bits per heavy atom. The van der Waals surface area contributed by atoms with Crippen molar-refractivity contribution in [3.8, 4) is 6.07 Å². The summed E-state index contributed by atoms with van der Waals surface area (Å²) in [4.78, 5) is 0. The Morgan fingerprint density at radius 3 is 2.52 bits per heavy atom. The van der Waals surface area contributed by atoms with E-state index in [9.17, 15) is 5.26 Å². The van der Waals surface area contributed by atoms with Gasteiger partial charge in [-0.25, -0.2) is 0 Å². The Bertz CT molecular complexity index is 1060. The van der Waals surface area contributed by atoms with Crippen molar-refractivity contribution in [1.82, 2.24) is 0 Å². The quantitative estimate of drug-likeness (QED) is 0.557. The highest BCUT2D eigenvalue weighted by Crippen LogP contribution is 2.48.